The Morgan fingerprint density at radius 3 is 2.45 bits per heavy atom. The summed E-state index contributed by atoms with van der Waals surface area (Å²) in [4.78, 5) is 49.6. The first-order valence-corrected chi connectivity index (χ1v) is 23.9. The number of likely N-dealkylation sites (tertiary alicyclic amines) is 1. The zero-order chi connectivity index (χ0) is 44.7. The fraction of sp³-hybridized carbons (Fsp3) is 0.510. The van der Waals surface area contributed by atoms with E-state index in [0.29, 0.717) is 67.4 Å². The molecule has 342 valence electrons. The number of rotatable bonds is 9. The maximum atomic E-state index is 13.6. The lowest BCUT2D eigenvalue weighted by Crippen LogP contribution is -2.54. The number of carbonyl (C=O) groups is 3. The molecule has 6 fully saturated rings. The molecule has 7 aliphatic rings. The molecule has 11 rings (SSSR count). The standard InChI is InChI=1S/C51H63N9O5/c1-34-14-19-59(44-27-41(54-55-49(44)52)40-8-2-3-11-45(40)61)32-36-29-51(28-34,30-36)38-7-4-6-35(26-38)31-57-20-22-58(23-21-57)47(63)33-56-17-15-37(16-18-56)39-9-5-10-42-48(39)65-25-24-60(42)43-12-13-46(62)53-50(43)64/h2-11,26-27,34,36-37,43,61H,12-25,28-33H2,1H3,(H2,52,55)(H,53,62,64)/t34-,36?,43?,51?/m0/s1. The molecule has 2 atom stereocenters. The van der Waals surface area contributed by atoms with Gasteiger partial charge in [-0.3, -0.25) is 29.5 Å². The van der Waals surface area contributed by atoms with Gasteiger partial charge in [0.15, 0.2) is 5.82 Å². The number of nitrogens with two attached hydrogens (primary N) is 1. The van der Waals surface area contributed by atoms with Crippen molar-refractivity contribution in [2.24, 2.45) is 11.8 Å². The number of anilines is 3. The van der Waals surface area contributed by atoms with Gasteiger partial charge in [-0.15, -0.1) is 10.2 Å². The maximum absolute atomic E-state index is 13.6. The molecular weight excluding hydrogens is 819 g/mol. The number of hydrogen-bond donors (Lipinski definition) is 3. The Balaban J connectivity index is 0.708. The highest BCUT2D eigenvalue weighted by atomic mass is 16.5. The first-order valence-electron chi connectivity index (χ1n) is 23.9. The molecule has 14 heteroatoms. The molecule has 6 aliphatic heterocycles. The number of piperazine rings is 1. The number of nitrogens with one attached hydrogen (secondary N) is 1. The van der Waals surface area contributed by atoms with Crippen LogP contribution in [0.1, 0.15) is 80.9 Å². The molecule has 0 radical (unpaired) electrons. The Bertz CT molecular complexity index is 2410. The van der Waals surface area contributed by atoms with Gasteiger partial charge in [0.2, 0.25) is 17.7 Å². The summed E-state index contributed by atoms with van der Waals surface area (Å²) in [5.74, 6) is 2.67. The summed E-state index contributed by atoms with van der Waals surface area (Å²) in [5.41, 5.74) is 13.7. The minimum Gasteiger partial charge on any atom is -0.507 e. The molecule has 1 saturated carbocycles. The van der Waals surface area contributed by atoms with Gasteiger partial charge in [-0.1, -0.05) is 55.5 Å². The monoisotopic (exact) mass is 881 g/mol. The minimum absolute atomic E-state index is 0.173. The number of phenolic OH excluding ortho intramolecular Hbond substituents is 1. The number of fused-ring (bicyclic) bond motifs is 6. The SMILES string of the molecule is C[C@H]1CCN(c2cc(-c3ccccc3O)nnc2N)CC2CC(c3cccc(CN4CCN(C(=O)CN5CCC(c6cccc7c6OCCN7C6CCC(=O)NC6=O)CC5)CC4)c3)(C2)C1. The van der Waals surface area contributed by atoms with E-state index in [1.807, 2.05) is 30.3 Å². The zero-order valence-corrected chi connectivity index (χ0v) is 37.7. The Hall–Kier alpha value is -5.73. The van der Waals surface area contributed by atoms with Crippen LogP contribution in [-0.4, -0.2) is 126 Å². The van der Waals surface area contributed by atoms with Crippen molar-refractivity contribution < 1.29 is 24.2 Å². The number of hydrogen-bond acceptors (Lipinski definition) is 12. The third-order valence-electron chi connectivity index (χ3n) is 15.3. The third-order valence-corrected chi connectivity index (χ3v) is 15.3. The van der Waals surface area contributed by atoms with Crippen LogP contribution in [0.25, 0.3) is 11.3 Å². The third kappa shape index (κ3) is 8.99. The summed E-state index contributed by atoms with van der Waals surface area (Å²) in [6.45, 7) is 11.6. The number of nitrogens with zero attached hydrogens (tertiary/aromatic N) is 7. The lowest BCUT2D eigenvalue weighted by atomic mass is 9.55. The van der Waals surface area contributed by atoms with Gasteiger partial charge in [0.25, 0.3) is 0 Å². The van der Waals surface area contributed by atoms with Crippen molar-refractivity contribution in [1.82, 2.24) is 30.2 Å². The van der Waals surface area contributed by atoms with E-state index in [4.69, 9.17) is 10.5 Å². The molecule has 14 nitrogen and oxygen atoms in total. The average molecular weight is 882 g/mol. The van der Waals surface area contributed by atoms with Crippen molar-refractivity contribution in [3.05, 3.63) is 89.5 Å². The number of aromatic hydroxyl groups is 1. The second kappa shape index (κ2) is 18.3. The van der Waals surface area contributed by atoms with Gasteiger partial charge in [-0.2, -0.15) is 0 Å². The van der Waals surface area contributed by atoms with Gasteiger partial charge in [-0.25, -0.2) is 0 Å². The second-order valence-corrected chi connectivity index (χ2v) is 19.7. The first-order chi connectivity index (χ1) is 31.6. The van der Waals surface area contributed by atoms with Crippen LogP contribution in [0.2, 0.25) is 0 Å². The minimum atomic E-state index is -0.367. The van der Waals surface area contributed by atoms with Crippen LogP contribution in [0.4, 0.5) is 17.2 Å². The van der Waals surface area contributed by atoms with Gasteiger partial charge in [0.1, 0.15) is 24.1 Å². The van der Waals surface area contributed by atoms with E-state index in [0.717, 1.165) is 108 Å². The number of carbonyl (C=O) groups excluding carboxylic acids is 3. The van der Waals surface area contributed by atoms with Crippen LogP contribution in [0, 0.1) is 11.8 Å². The summed E-state index contributed by atoms with van der Waals surface area (Å²) in [6.07, 6.45) is 7.27. The number of amides is 3. The zero-order valence-electron chi connectivity index (χ0n) is 37.7. The van der Waals surface area contributed by atoms with Crippen molar-refractivity contribution in [3.8, 4) is 22.8 Å². The molecule has 5 saturated heterocycles. The van der Waals surface area contributed by atoms with Crippen LogP contribution < -0.4 is 25.6 Å². The molecule has 7 heterocycles. The number of nitrogen functional groups attached to an aromatic ring is 1. The fourth-order valence-corrected chi connectivity index (χ4v) is 12.0. The van der Waals surface area contributed by atoms with Crippen molar-refractivity contribution in [2.75, 3.05) is 87.6 Å². The van der Waals surface area contributed by atoms with Crippen molar-refractivity contribution >= 4 is 34.9 Å². The van der Waals surface area contributed by atoms with E-state index in [1.165, 1.54) is 23.1 Å². The Morgan fingerprint density at radius 1 is 0.846 bits per heavy atom. The van der Waals surface area contributed by atoms with Crippen LogP contribution in [0.15, 0.2) is 72.8 Å². The fourth-order valence-electron chi connectivity index (χ4n) is 12.0. The van der Waals surface area contributed by atoms with Gasteiger partial charge >= 0.3 is 0 Å². The summed E-state index contributed by atoms with van der Waals surface area (Å²) < 4.78 is 6.26. The lowest BCUT2D eigenvalue weighted by molar-refractivity contribution is -0.135. The molecule has 2 bridgehead atoms. The molecule has 1 unspecified atom stereocenters. The molecule has 3 aromatic carbocycles. The lowest BCUT2D eigenvalue weighted by Gasteiger charge is -2.50. The molecule has 4 aromatic rings. The van der Waals surface area contributed by atoms with Crippen LogP contribution >= 0.6 is 0 Å². The smallest absolute Gasteiger partial charge is 0.249 e. The number of phenols is 1. The van der Waals surface area contributed by atoms with Gasteiger partial charge in [0.05, 0.1) is 30.2 Å². The van der Waals surface area contributed by atoms with E-state index in [-0.39, 0.29) is 34.9 Å². The van der Waals surface area contributed by atoms with Gasteiger partial charge < -0.3 is 30.3 Å². The largest absolute Gasteiger partial charge is 0.507 e. The van der Waals surface area contributed by atoms with E-state index in [9.17, 15) is 19.5 Å². The van der Waals surface area contributed by atoms with Crippen LogP contribution in [-0.2, 0) is 26.3 Å². The highest BCUT2D eigenvalue weighted by molar-refractivity contribution is 6.02. The second-order valence-electron chi connectivity index (χ2n) is 19.7. The van der Waals surface area contributed by atoms with Gasteiger partial charge in [-0.05, 0) is 122 Å². The molecule has 65 heavy (non-hydrogen) atoms. The molecule has 1 aromatic heterocycles. The van der Waals surface area contributed by atoms with Crippen molar-refractivity contribution in [2.45, 2.75) is 82.2 Å². The number of aromatic nitrogens is 2. The van der Waals surface area contributed by atoms with Crippen LogP contribution in [0.5, 0.6) is 11.5 Å². The number of piperidine rings is 2. The van der Waals surface area contributed by atoms with E-state index < -0.39 is 0 Å². The number of imide groups is 1. The van der Waals surface area contributed by atoms with E-state index in [1.54, 1.807) is 6.07 Å². The normalized spacial score (nSPS) is 25.7. The molecular formula is C51H63N9O5. The molecule has 4 N–H and O–H groups in total. The van der Waals surface area contributed by atoms with E-state index in [2.05, 4.69) is 83.3 Å². The predicted molar refractivity (Wildman–Crippen MR) is 251 cm³/mol. The highest BCUT2D eigenvalue weighted by Crippen LogP contribution is 2.54. The maximum Gasteiger partial charge on any atom is 0.249 e. The van der Waals surface area contributed by atoms with E-state index >= 15 is 0 Å². The molecule has 1 aliphatic carbocycles. The number of benzene rings is 3. The Labute approximate surface area is 382 Å². The summed E-state index contributed by atoms with van der Waals surface area (Å²) >= 11 is 0. The Kier molecular flexibility index (Phi) is 12.1. The first kappa shape index (κ1) is 43.2. The summed E-state index contributed by atoms with van der Waals surface area (Å²) in [6, 6.07) is 24.4. The predicted octanol–water partition coefficient (Wildman–Crippen LogP) is 5.54. The highest BCUT2D eigenvalue weighted by Gasteiger charge is 2.47. The summed E-state index contributed by atoms with van der Waals surface area (Å²) in [5, 5.41) is 21.7. The Morgan fingerprint density at radius 2 is 1.65 bits per heavy atom. The number of para-hydroxylation sites is 2. The summed E-state index contributed by atoms with van der Waals surface area (Å²) in [7, 11) is 0. The number of ether oxygens (including phenoxy) is 1. The van der Waals surface area contributed by atoms with Crippen LogP contribution in [0.3, 0.4) is 0 Å². The molecule has 3 amide bonds. The quantitative estimate of drug-likeness (QED) is 0.181. The van der Waals surface area contributed by atoms with Crippen molar-refractivity contribution in [3.63, 3.8) is 0 Å². The van der Waals surface area contributed by atoms with Gasteiger partial charge in [0, 0.05) is 57.8 Å². The topological polar surface area (TPSA) is 161 Å². The van der Waals surface area contributed by atoms with Crippen molar-refractivity contribution in [1.29, 1.82) is 0 Å². The molecule has 0 spiro atoms. The average Bonchev–Trinajstić information content (AvgIpc) is 3.42.